The van der Waals surface area contributed by atoms with Crippen LogP contribution in [0.15, 0.2) is 29.5 Å². The SMILES string of the molecule is CC1(C)[C@H]2CC[C@]1(C)/C(=N/Nc1ncc(-c3ccc(Cl)c(Cl)c3)s1)C2. The summed E-state index contributed by atoms with van der Waals surface area (Å²) in [5.74, 6) is 0.751. The van der Waals surface area contributed by atoms with Crippen molar-refractivity contribution in [3.05, 3.63) is 34.4 Å². The van der Waals surface area contributed by atoms with Gasteiger partial charge >= 0.3 is 0 Å². The molecule has 3 nitrogen and oxygen atoms in total. The third-order valence-corrected chi connectivity index (χ3v) is 8.20. The van der Waals surface area contributed by atoms with Crippen LogP contribution in [0.1, 0.15) is 40.0 Å². The maximum absolute atomic E-state index is 6.11. The van der Waals surface area contributed by atoms with Crippen LogP contribution in [0.3, 0.4) is 0 Å². The number of halogens is 2. The molecule has 2 saturated carbocycles. The molecule has 2 aliphatic carbocycles. The molecular weight excluding hydrogens is 373 g/mol. The van der Waals surface area contributed by atoms with Crippen molar-refractivity contribution >= 4 is 45.4 Å². The lowest BCUT2D eigenvalue weighted by atomic mass is 9.70. The molecule has 4 rings (SSSR count). The van der Waals surface area contributed by atoms with Gasteiger partial charge in [-0.3, -0.25) is 5.43 Å². The van der Waals surface area contributed by atoms with E-state index in [0.717, 1.165) is 27.9 Å². The molecule has 6 heteroatoms. The lowest BCUT2D eigenvalue weighted by Gasteiger charge is -2.34. The molecule has 2 atom stereocenters. The minimum Gasteiger partial charge on any atom is -0.253 e. The number of nitrogens with zero attached hydrogens (tertiary/aromatic N) is 2. The molecule has 1 aromatic heterocycles. The lowest BCUT2D eigenvalue weighted by Crippen LogP contribution is -2.32. The number of hydrogen-bond acceptors (Lipinski definition) is 4. The topological polar surface area (TPSA) is 37.3 Å². The number of hydrogen-bond donors (Lipinski definition) is 1. The first-order valence-electron chi connectivity index (χ1n) is 8.55. The van der Waals surface area contributed by atoms with E-state index in [2.05, 4.69) is 31.2 Å². The number of hydrazone groups is 1. The van der Waals surface area contributed by atoms with Crippen molar-refractivity contribution in [2.45, 2.75) is 40.0 Å². The van der Waals surface area contributed by atoms with E-state index in [1.165, 1.54) is 18.6 Å². The van der Waals surface area contributed by atoms with Crippen molar-refractivity contribution in [2.24, 2.45) is 21.8 Å². The zero-order valence-corrected chi connectivity index (χ0v) is 16.9. The van der Waals surface area contributed by atoms with E-state index in [4.69, 9.17) is 28.3 Å². The maximum atomic E-state index is 6.11. The lowest BCUT2D eigenvalue weighted by molar-refractivity contribution is 0.194. The second kappa shape index (κ2) is 5.97. The van der Waals surface area contributed by atoms with E-state index >= 15 is 0 Å². The Morgan fingerprint density at radius 1 is 1.24 bits per heavy atom. The molecule has 25 heavy (non-hydrogen) atoms. The third kappa shape index (κ3) is 2.70. The number of rotatable bonds is 3. The van der Waals surface area contributed by atoms with Gasteiger partial charge < -0.3 is 0 Å². The number of nitrogens with one attached hydrogen (secondary N) is 1. The fourth-order valence-electron chi connectivity index (χ4n) is 4.32. The molecule has 1 aromatic carbocycles. The Morgan fingerprint density at radius 3 is 2.68 bits per heavy atom. The second-order valence-corrected chi connectivity index (χ2v) is 9.67. The van der Waals surface area contributed by atoms with Gasteiger partial charge in [0, 0.05) is 17.3 Å². The van der Waals surface area contributed by atoms with E-state index in [0.29, 0.717) is 15.5 Å². The Kier molecular flexibility index (Phi) is 4.13. The number of benzene rings is 1. The fraction of sp³-hybridized carbons (Fsp3) is 0.474. The summed E-state index contributed by atoms with van der Waals surface area (Å²) in [5.41, 5.74) is 6.03. The van der Waals surface area contributed by atoms with Crippen molar-refractivity contribution in [1.82, 2.24) is 4.98 Å². The van der Waals surface area contributed by atoms with E-state index in [-0.39, 0.29) is 5.41 Å². The van der Waals surface area contributed by atoms with Crippen molar-refractivity contribution in [3.63, 3.8) is 0 Å². The van der Waals surface area contributed by atoms with Crippen LogP contribution in [-0.4, -0.2) is 10.7 Å². The van der Waals surface area contributed by atoms with Gasteiger partial charge in [0.2, 0.25) is 5.13 Å². The predicted molar refractivity (Wildman–Crippen MR) is 108 cm³/mol. The van der Waals surface area contributed by atoms with Crippen LogP contribution in [0, 0.1) is 16.7 Å². The molecule has 0 spiro atoms. The van der Waals surface area contributed by atoms with Crippen LogP contribution in [0.25, 0.3) is 10.4 Å². The molecular formula is C19H21Cl2N3S. The van der Waals surface area contributed by atoms with Gasteiger partial charge in [0.05, 0.1) is 14.9 Å². The van der Waals surface area contributed by atoms with E-state index in [1.54, 1.807) is 11.3 Å². The fourth-order valence-corrected chi connectivity index (χ4v) is 5.37. The quantitative estimate of drug-likeness (QED) is 0.586. The van der Waals surface area contributed by atoms with Gasteiger partial charge in [-0.15, -0.1) is 0 Å². The Balaban J connectivity index is 1.54. The van der Waals surface area contributed by atoms with E-state index in [9.17, 15) is 0 Å². The molecule has 0 amide bonds. The highest BCUT2D eigenvalue weighted by atomic mass is 35.5. The zero-order chi connectivity index (χ0) is 17.8. The largest absolute Gasteiger partial charge is 0.253 e. The molecule has 2 bridgehead atoms. The Hall–Kier alpha value is -1.10. The molecule has 2 aliphatic rings. The number of aromatic nitrogens is 1. The summed E-state index contributed by atoms with van der Waals surface area (Å²) in [6.07, 6.45) is 5.50. The van der Waals surface area contributed by atoms with E-state index in [1.807, 2.05) is 24.4 Å². The maximum Gasteiger partial charge on any atom is 0.203 e. The first kappa shape index (κ1) is 17.3. The average molecular weight is 394 g/mol. The number of fused-ring (bicyclic) bond motifs is 2. The summed E-state index contributed by atoms with van der Waals surface area (Å²) in [5, 5.41) is 6.67. The summed E-state index contributed by atoms with van der Waals surface area (Å²) in [7, 11) is 0. The Labute approximate surface area is 162 Å². The molecule has 2 fully saturated rings. The van der Waals surface area contributed by atoms with Crippen LogP contribution < -0.4 is 5.43 Å². The number of anilines is 1. The van der Waals surface area contributed by atoms with Gasteiger partial charge in [-0.1, -0.05) is 61.4 Å². The summed E-state index contributed by atoms with van der Waals surface area (Å²) >= 11 is 13.7. The van der Waals surface area contributed by atoms with Gasteiger partial charge in [0.1, 0.15) is 0 Å². The summed E-state index contributed by atoms with van der Waals surface area (Å²) in [6, 6.07) is 5.63. The van der Waals surface area contributed by atoms with Crippen molar-refractivity contribution < 1.29 is 0 Å². The van der Waals surface area contributed by atoms with Crippen molar-refractivity contribution in [2.75, 3.05) is 5.43 Å². The number of thiazole rings is 1. The highest BCUT2D eigenvalue weighted by molar-refractivity contribution is 7.18. The average Bonchev–Trinajstić information content (AvgIpc) is 3.18. The van der Waals surface area contributed by atoms with Gasteiger partial charge in [0.15, 0.2) is 0 Å². The monoisotopic (exact) mass is 393 g/mol. The summed E-state index contributed by atoms with van der Waals surface area (Å²) in [6.45, 7) is 7.14. The Bertz CT molecular complexity index is 858. The predicted octanol–water partition coefficient (Wildman–Crippen LogP) is 6.73. The molecule has 132 valence electrons. The van der Waals surface area contributed by atoms with Crippen LogP contribution in [-0.2, 0) is 0 Å². The third-order valence-electron chi connectivity index (χ3n) is 6.51. The molecule has 0 unspecified atom stereocenters. The minimum atomic E-state index is 0.203. The molecule has 0 radical (unpaired) electrons. The smallest absolute Gasteiger partial charge is 0.203 e. The normalized spacial score (nSPS) is 28.7. The van der Waals surface area contributed by atoms with Crippen LogP contribution in [0.5, 0.6) is 0 Å². The van der Waals surface area contributed by atoms with Crippen LogP contribution in [0.4, 0.5) is 5.13 Å². The summed E-state index contributed by atoms with van der Waals surface area (Å²) in [4.78, 5) is 5.49. The van der Waals surface area contributed by atoms with Gasteiger partial charge in [0.25, 0.3) is 0 Å². The van der Waals surface area contributed by atoms with Crippen LogP contribution >= 0.6 is 34.5 Å². The zero-order valence-electron chi connectivity index (χ0n) is 14.6. The first-order chi connectivity index (χ1) is 11.8. The van der Waals surface area contributed by atoms with Gasteiger partial charge in [-0.05, 0) is 48.3 Å². The molecule has 1 heterocycles. The van der Waals surface area contributed by atoms with E-state index < -0.39 is 0 Å². The van der Waals surface area contributed by atoms with Crippen molar-refractivity contribution in [3.8, 4) is 10.4 Å². The first-order valence-corrected chi connectivity index (χ1v) is 10.1. The standard InChI is InChI=1S/C19H21Cl2N3S/c1-18(2)12-6-7-19(18,3)16(9-12)23-24-17-22-10-15(25-17)11-4-5-13(20)14(21)8-11/h4-5,8,10,12H,6-7,9H2,1-3H3,(H,22,24)/b23-16+/t12-,19+/m0/s1. The molecule has 1 N–H and O–H groups in total. The van der Waals surface area contributed by atoms with Gasteiger partial charge in [-0.25, -0.2) is 4.98 Å². The highest BCUT2D eigenvalue weighted by Crippen LogP contribution is 2.63. The summed E-state index contributed by atoms with van der Waals surface area (Å²) < 4.78 is 0. The van der Waals surface area contributed by atoms with Gasteiger partial charge in [-0.2, -0.15) is 5.10 Å². The molecule has 0 aliphatic heterocycles. The molecule has 2 aromatic rings. The highest BCUT2D eigenvalue weighted by Gasteiger charge is 2.59. The minimum absolute atomic E-state index is 0.203. The van der Waals surface area contributed by atoms with Crippen molar-refractivity contribution in [1.29, 1.82) is 0 Å². The Morgan fingerprint density at radius 2 is 2.04 bits per heavy atom. The second-order valence-electron chi connectivity index (χ2n) is 7.82. The van der Waals surface area contributed by atoms with Crippen LogP contribution in [0.2, 0.25) is 10.0 Å². The molecule has 0 saturated heterocycles.